The van der Waals surface area contributed by atoms with Crippen LogP contribution in [0.15, 0.2) is 33.6 Å². The van der Waals surface area contributed by atoms with Crippen LogP contribution in [-0.4, -0.2) is 16.0 Å². The summed E-state index contributed by atoms with van der Waals surface area (Å²) in [5.41, 5.74) is 5.96. The zero-order chi connectivity index (χ0) is 10.8. The van der Waals surface area contributed by atoms with Gasteiger partial charge in [0.1, 0.15) is 0 Å². The number of benzene rings is 1. The van der Waals surface area contributed by atoms with E-state index in [1.54, 1.807) is 0 Å². The molecule has 2 nitrogen and oxygen atoms in total. The van der Waals surface area contributed by atoms with Gasteiger partial charge in [-0.15, -0.1) is 0 Å². The van der Waals surface area contributed by atoms with Gasteiger partial charge in [-0.1, -0.05) is 12.1 Å². The van der Waals surface area contributed by atoms with E-state index >= 15 is 0 Å². The van der Waals surface area contributed by atoms with Gasteiger partial charge in [-0.3, -0.25) is 4.21 Å². The van der Waals surface area contributed by atoms with E-state index in [1.165, 1.54) is 12.8 Å². The standard InChI is InChI=1S/C11H14BrNOS/c12-9-3-1-2-4-11(9)15(14)7-10(13)8-5-6-8/h1-4,8,10H,5-7,13H2. The van der Waals surface area contributed by atoms with Crippen molar-refractivity contribution in [3.05, 3.63) is 28.7 Å². The first kappa shape index (κ1) is 11.3. The summed E-state index contributed by atoms with van der Waals surface area (Å²) in [6, 6.07) is 7.72. The van der Waals surface area contributed by atoms with Crippen molar-refractivity contribution in [2.24, 2.45) is 11.7 Å². The Labute approximate surface area is 101 Å². The molecule has 2 rings (SSSR count). The lowest BCUT2D eigenvalue weighted by Crippen LogP contribution is -2.29. The zero-order valence-electron chi connectivity index (χ0n) is 8.36. The lowest BCUT2D eigenvalue weighted by atomic mass is 10.2. The molecule has 1 aromatic carbocycles. The van der Waals surface area contributed by atoms with Gasteiger partial charge in [0.2, 0.25) is 0 Å². The molecule has 2 atom stereocenters. The fourth-order valence-electron chi connectivity index (χ4n) is 1.55. The minimum Gasteiger partial charge on any atom is -0.327 e. The molecule has 4 heteroatoms. The lowest BCUT2D eigenvalue weighted by Gasteiger charge is -2.10. The molecule has 0 saturated heterocycles. The van der Waals surface area contributed by atoms with Crippen molar-refractivity contribution < 1.29 is 4.21 Å². The Hall–Kier alpha value is -0.190. The van der Waals surface area contributed by atoms with Crippen LogP contribution in [0.25, 0.3) is 0 Å². The third-order valence-electron chi connectivity index (χ3n) is 2.65. The average Bonchev–Trinajstić information content (AvgIpc) is 3.01. The topological polar surface area (TPSA) is 43.1 Å². The second kappa shape index (κ2) is 4.76. The van der Waals surface area contributed by atoms with Gasteiger partial charge in [0.05, 0.1) is 15.7 Å². The maximum absolute atomic E-state index is 12.0. The quantitative estimate of drug-likeness (QED) is 0.923. The van der Waals surface area contributed by atoms with E-state index in [2.05, 4.69) is 15.9 Å². The fourth-order valence-corrected chi connectivity index (χ4v) is 3.70. The molecule has 0 spiro atoms. The SMILES string of the molecule is NC(CS(=O)c1ccccc1Br)C1CC1. The number of hydrogen-bond acceptors (Lipinski definition) is 2. The second-order valence-electron chi connectivity index (χ2n) is 3.94. The molecular formula is C11H14BrNOS. The highest BCUT2D eigenvalue weighted by Gasteiger charge is 2.29. The van der Waals surface area contributed by atoms with Gasteiger partial charge in [-0.05, 0) is 46.8 Å². The van der Waals surface area contributed by atoms with Crippen molar-refractivity contribution in [2.45, 2.75) is 23.8 Å². The molecule has 0 heterocycles. The Morgan fingerprint density at radius 2 is 2.13 bits per heavy atom. The molecule has 0 radical (unpaired) electrons. The molecule has 1 fully saturated rings. The Balaban J connectivity index is 2.04. The van der Waals surface area contributed by atoms with E-state index in [1.807, 2.05) is 24.3 Å². The molecule has 1 aliphatic carbocycles. The molecule has 0 aliphatic heterocycles. The normalized spacial score (nSPS) is 19.9. The van der Waals surface area contributed by atoms with Crippen molar-refractivity contribution >= 4 is 26.7 Å². The molecule has 15 heavy (non-hydrogen) atoms. The van der Waals surface area contributed by atoms with Gasteiger partial charge < -0.3 is 5.73 Å². The molecule has 82 valence electrons. The van der Waals surface area contributed by atoms with E-state index in [0.29, 0.717) is 11.7 Å². The largest absolute Gasteiger partial charge is 0.327 e. The van der Waals surface area contributed by atoms with Crippen molar-refractivity contribution in [3.8, 4) is 0 Å². The summed E-state index contributed by atoms with van der Waals surface area (Å²) < 4.78 is 12.9. The molecule has 1 saturated carbocycles. The van der Waals surface area contributed by atoms with Crippen LogP contribution in [0.3, 0.4) is 0 Å². The molecule has 1 aliphatic rings. The highest BCUT2D eigenvalue weighted by Crippen LogP contribution is 2.32. The van der Waals surface area contributed by atoms with E-state index in [-0.39, 0.29) is 6.04 Å². The van der Waals surface area contributed by atoms with E-state index in [4.69, 9.17) is 5.73 Å². The maximum atomic E-state index is 12.0. The second-order valence-corrected chi connectivity index (χ2v) is 6.26. The van der Waals surface area contributed by atoms with Crippen LogP contribution in [0.4, 0.5) is 0 Å². The summed E-state index contributed by atoms with van der Waals surface area (Å²) in [6.07, 6.45) is 2.41. The van der Waals surface area contributed by atoms with Crippen molar-refractivity contribution in [2.75, 3.05) is 5.75 Å². The van der Waals surface area contributed by atoms with Crippen LogP contribution in [0.2, 0.25) is 0 Å². The minimum absolute atomic E-state index is 0.0953. The summed E-state index contributed by atoms with van der Waals surface area (Å²) >= 11 is 3.41. The first-order valence-corrected chi connectivity index (χ1v) is 7.18. The maximum Gasteiger partial charge on any atom is 0.0556 e. The summed E-state index contributed by atoms with van der Waals surface area (Å²) in [5.74, 6) is 1.18. The molecule has 0 bridgehead atoms. The summed E-state index contributed by atoms with van der Waals surface area (Å²) in [6.45, 7) is 0. The Morgan fingerprint density at radius 1 is 1.47 bits per heavy atom. The van der Waals surface area contributed by atoms with Crippen LogP contribution in [0.1, 0.15) is 12.8 Å². The number of rotatable bonds is 4. The van der Waals surface area contributed by atoms with E-state index in [0.717, 1.165) is 9.37 Å². The van der Waals surface area contributed by atoms with Crippen molar-refractivity contribution in [1.29, 1.82) is 0 Å². The van der Waals surface area contributed by atoms with Gasteiger partial charge in [-0.2, -0.15) is 0 Å². The number of halogens is 1. The summed E-state index contributed by atoms with van der Waals surface area (Å²) in [5, 5.41) is 0. The molecule has 2 N–H and O–H groups in total. The predicted molar refractivity (Wildman–Crippen MR) is 66.1 cm³/mol. The first-order valence-electron chi connectivity index (χ1n) is 5.07. The molecule has 0 aromatic heterocycles. The Bertz CT molecular complexity index is 379. The highest BCUT2D eigenvalue weighted by molar-refractivity contribution is 9.10. The van der Waals surface area contributed by atoms with Crippen LogP contribution < -0.4 is 5.73 Å². The van der Waals surface area contributed by atoms with Crippen molar-refractivity contribution in [3.63, 3.8) is 0 Å². The predicted octanol–water partition coefficient (Wildman–Crippen LogP) is 2.29. The lowest BCUT2D eigenvalue weighted by molar-refractivity contribution is 0.634. The van der Waals surface area contributed by atoms with Crippen molar-refractivity contribution in [1.82, 2.24) is 0 Å². The summed E-state index contributed by atoms with van der Waals surface area (Å²) in [4.78, 5) is 0.855. The number of nitrogens with two attached hydrogens (primary N) is 1. The van der Waals surface area contributed by atoms with Crippen LogP contribution in [0, 0.1) is 5.92 Å². The minimum atomic E-state index is -0.978. The average molecular weight is 288 g/mol. The van der Waals surface area contributed by atoms with Gasteiger partial charge in [0.15, 0.2) is 0 Å². The summed E-state index contributed by atoms with van der Waals surface area (Å²) in [7, 11) is -0.978. The smallest absolute Gasteiger partial charge is 0.0556 e. The monoisotopic (exact) mass is 287 g/mol. The Kier molecular flexibility index (Phi) is 3.59. The molecule has 1 aromatic rings. The first-order chi connectivity index (χ1) is 7.18. The molecule has 2 unspecified atom stereocenters. The molecule has 0 amide bonds. The van der Waals surface area contributed by atoms with Gasteiger partial charge in [0.25, 0.3) is 0 Å². The van der Waals surface area contributed by atoms with E-state index < -0.39 is 10.8 Å². The van der Waals surface area contributed by atoms with Gasteiger partial charge in [0, 0.05) is 16.3 Å². The number of hydrogen-bond donors (Lipinski definition) is 1. The van der Waals surface area contributed by atoms with Gasteiger partial charge in [-0.25, -0.2) is 0 Å². The zero-order valence-corrected chi connectivity index (χ0v) is 10.8. The van der Waals surface area contributed by atoms with Gasteiger partial charge >= 0.3 is 0 Å². The van der Waals surface area contributed by atoms with Crippen LogP contribution in [-0.2, 0) is 10.8 Å². The Morgan fingerprint density at radius 3 is 2.73 bits per heavy atom. The van der Waals surface area contributed by atoms with E-state index in [9.17, 15) is 4.21 Å². The molecular weight excluding hydrogens is 274 g/mol. The third kappa shape index (κ3) is 2.89. The highest BCUT2D eigenvalue weighted by atomic mass is 79.9. The van der Waals surface area contributed by atoms with Crippen LogP contribution >= 0.6 is 15.9 Å². The van der Waals surface area contributed by atoms with Crippen LogP contribution in [0.5, 0.6) is 0 Å². The fraction of sp³-hybridized carbons (Fsp3) is 0.455. The third-order valence-corrected chi connectivity index (χ3v) is 5.14.